The minimum Gasteiger partial charge on any atom is -0.444 e. The number of halogens is 1. The van der Waals surface area contributed by atoms with E-state index in [9.17, 15) is 9.59 Å². The van der Waals surface area contributed by atoms with E-state index >= 15 is 0 Å². The maximum atomic E-state index is 11.7. The van der Waals surface area contributed by atoms with Gasteiger partial charge in [-0.25, -0.2) is 4.79 Å². The molecule has 1 fully saturated rings. The summed E-state index contributed by atoms with van der Waals surface area (Å²) in [6, 6.07) is -0.554. The van der Waals surface area contributed by atoms with E-state index in [1.807, 2.05) is 0 Å². The van der Waals surface area contributed by atoms with E-state index in [4.69, 9.17) is 16.3 Å². The van der Waals surface area contributed by atoms with Crippen molar-refractivity contribution in [1.82, 2.24) is 4.90 Å². The van der Waals surface area contributed by atoms with Crippen molar-refractivity contribution in [2.75, 3.05) is 6.54 Å². The lowest BCUT2D eigenvalue weighted by atomic mass is 10.2. The molecule has 0 unspecified atom stereocenters. The molecule has 4 nitrogen and oxygen atoms in total. The molecule has 0 saturated carbocycles. The smallest absolute Gasteiger partial charge is 0.410 e. The van der Waals surface area contributed by atoms with Gasteiger partial charge in [-0.3, -0.25) is 4.90 Å². The first kappa shape index (κ1) is 12.3. The molecule has 1 aliphatic heterocycles. The lowest BCUT2D eigenvalue weighted by molar-refractivity contribution is -0.111. The Morgan fingerprint density at radius 2 is 2.13 bits per heavy atom. The van der Waals surface area contributed by atoms with Gasteiger partial charge in [0, 0.05) is 6.54 Å². The lowest BCUT2D eigenvalue weighted by Crippen LogP contribution is -2.42. The second-order valence-electron chi connectivity index (χ2n) is 4.61. The SMILES string of the molecule is CC(C)(C)OC(=O)N1CC[C@@H](Cl)[C@@H]1C=O. The van der Waals surface area contributed by atoms with Crippen LogP contribution in [0.3, 0.4) is 0 Å². The standard InChI is InChI=1S/C10H16ClNO3/c1-10(2,3)15-9(14)12-5-4-7(11)8(12)6-13/h6-8H,4-5H2,1-3H3/t7-,8+/m1/s1. The largest absolute Gasteiger partial charge is 0.444 e. The molecule has 0 spiro atoms. The summed E-state index contributed by atoms with van der Waals surface area (Å²) in [6.45, 7) is 5.84. The molecule has 0 bridgehead atoms. The Hall–Kier alpha value is -0.770. The van der Waals surface area contributed by atoms with Crippen molar-refractivity contribution < 1.29 is 14.3 Å². The van der Waals surface area contributed by atoms with Crippen LogP contribution in [-0.4, -0.2) is 40.8 Å². The van der Waals surface area contributed by atoms with Crippen LogP contribution in [-0.2, 0) is 9.53 Å². The van der Waals surface area contributed by atoms with Crippen LogP contribution in [0.1, 0.15) is 27.2 Å². The number of ether oxygens (including phenoxy) is 1. The minimum atomic E-state index is -0.554. The third-order valence-electron chi connectivity index (χ3n) is 2.14. The number of carbonyl (C=O) groups excluding carboxylic acids is 2. The first-order chi connectivity index (χ1) is 6.85. The third kappa shape index (κ3) is 3.09. The Labute approximate surface area is 94.5 Å². The fraction of sp³-hybridized carbons (Fsp3) is 0.800. The second-order valence-corrected chi connectivity index (χ2v) is 5.17. The van der Waals surface area contributed by atoms with E-state index in [1.165, 1.54) is 4.90 Å². The molecular formula is C10H16ClNO3. The van der Waals surface area contributed by atoms with Crippen molar-refractivity contribution in [3.63, 3.8) is 0 Å². The molecule has 15 heavy (non-hydrogen) atoms. The Morgan fingerprint density at radius 1 is 1.53 bits per heavy atom. The number of nitrogens with zero attached hydrogens (tertiary/aromatic N) is 1. The highest BCUT2D eigenvalue weighted by Crippen LogP contribution is 2.23. The first-order valence-corrected chi connectivity index (χ1v) is 5.38. The molecule has 0 N–H and O–H groups in total. The van der Waals surface area contributed by atoms with Crippen molar-refractivity contribution in [1.29, 1.82) is 0 Å². The fourth-order valence-corrected chi connectivity index (χ4v) is 1.76. The van der Waals surface area contributed by atoms with E-state index in [0.29, 0.717) is 19.3 Å². The molecule has 0 radical (unpaired) electrons. The number of aldehydes is 1. The number of carbonyl (C=O) groups is 2. The summed E-state index contributed by atoms with van der Waals surface area (Å²) in [5.41, 5.74) is -0.547. The van der Waals surface area contributed by atoms with Gasteiger partial charge in [-0.1, -0.05) is 0 Å². The molecule has 1 rings (SSSR count). The molecule has 0 aromatic carbocycles. The predicted octanol–water partition coefficient (Wildman–Crippen LogP) is 1.80. The van der Waals surface area contributed by atoms with Gasteiger partial charge >= 0.3 is 6.09 Å². The predicted molar refractivity (Wildman–Crippen MR) is 57.1 cm³/mol. The zero-order valence-electron chi connectivity index (χ0n) is 9.20. The summed E-state index contributed by atoms with van der Waals surface area (Å²) < 4.78 is 5.17. The molecular weight excluding hydrogens is 218 g/mol. The van der Waals surface area contributed by atoms with Crippen molar-refractivity contribution in [3.8, 4) is 0 Å². The average molecular weight is 234 g/mol. The van der Waals surface area contributed by atoms with E-state index in [2.05, 4.69) is 0 Å². The molecule has 1 aliphatic rings. The van der Waals surface area contributed by atoms with E-state index in [0.717, 1.165) is 0 Å². The van der Waals surface area contributed by atoms with Gasteiger partial charge in [0.1, 0.15) is 17.9 Å². The average Bonchev–Trinajstić information content (AvgIpc) is 2.43. The lowest BCUT2D eigenvalue weighted by Gasteiger charge is -2.26. The minimum absolute atomic E-state index is 0.296. The van der Waals surface area contributed by atoms with Crippen molar-refractivity contribution in [2.24, 2.45) is 0 Å². The number of rotatable bonds is 1. The number of alkyl halides is 1. The Bertz CT molecular complexity index is 262. The van der Waals surface area contributed by atoms with Crippen LogP contribution in [0.4, 0.5) is 4.79 Å². The molecule has 2 atom stereocenters. The number of likely N-dealkylation sites (tertiary alicyclic amines) is 1. The van der Waals surface area contributed by atoms with Gasteiger partial charge < -0.3 is 9.53 Å². The maximum absolute atomic E-state index is 11.7. The van der Waals surface area contributed by atoms with Crippen molar-refractivity contribution in [2.45, 2.75) is 44.2 Å². The van der Waals surface area contributed by atoms with Crippen LogP contribution in [0.15, 0.2) is 0 Å². The van der Waals surface area contributed by atoms with Gasteiger partial charge in [0.2, 0.25) is 0 Å². The van der Waals surface area contributed by atoms with Crippen LogP contribution in [0.2, 0.25) is 0 Å². The zero-order valence-corrected chi connectivity index (χ0v) is 9.95. The van der Waals surface area contributed by atoms with Gasteiger partial charge in [0.15, 0.2) is 0 Å². The summed E-state index contributed by atoms with van der Waals surface area (Å²) in [4.78, 5) is 23.8. The molecule has 1 amide bonds. The van der Waals surface area contributed by atoms with Gasteiger partial charge in [-0.05, 0) is 27.2 Å². The van der Waals surface area contributed by atoms with Crippen LogP contribution < -0.4 is 0 Å². The normalized spacial score (nSPS) is 26.5. The molecule has 86 valence electrons. The zero-order chi connectivity index (χ0) is 11.6. The van der Waals surface area contributed by atoms with E-state index in [1.54, 1.807) is 20.8 Å². The van der Waals surface area contributed by atoms with E-state index < -0.39 is 17.7 Å². The molecule has 0 aromatic heterocycles. The topological polar surface area (TPSA) is 46.6 Å². The molecule has 1 saturated heterocycles. The van der Waals surface area contributed by atoms with Crippen LogP contribution >= 0.6 is 11.6 Å². The van der Waals surface area contributed by atoms with Gasteiger partial charge in [-0.2, -0.15) is 0 Å². The highest BCUT2D eigenvalue weighted by Gasteiger charge is 2.37. The van der Waals surface area contributed by atoms with Crippen molar-refractivity contribution in [3.05, 3.63) is 0 Å². The van der Waals surface area contributed by atoms with Gasteiger partial charge in [0.25, 0.3) is 0 Å². The summed E-state index contributed by atoms with van der Waals surface area (Å²) in [5, 5.41) is -0.296. The first-order valence-electron chi connectivity index (χ1n) is 4.94. The van der Waals surface area contributed by atoms with Crippen molar-refractivity contribution >= 4 is 24.0 Å². The third-order valence-corrected chi connectivity index (χ3v) is 2.62. The maximum Gasteiger partial charge on any atom is 0.410 e. The molecule has 0 aliphatic carbocycles. The highest BCUT2D eigenvalue weighted by molar-refractivity contribution is 6.22. The Morgan fingerprint density at radius 3 is 2.60 bits per heavy atom. The van der Waals surface area contributed by atoms with E-state index in [-0.39, 0.29) is 5.38 Å². The Balaban J connectivity index is 2.64. The quantitative estimate of drug-likeness (QED) is 0.513. The second kappa shape index (κ2) is 4.39. The number of hydrogen-bond donors (Lipinski definition) is 0. The summed E-state index contributed by atoms with van der Waals surface area (Å²) in [7, 11) is 0. The summed E-state index contributed by atoms with van der Waals surface area (Å²) in [6.07, 6.45) is 0.862. The van der Waals surface area contributed by atoms with Crippen LogP contribution in [0.25, 0.3) is 0 Å². The summed E-state index contributed by atoms with van der Waals surface area (Å²) >= 11 is 5.91. The van der Waals surface area contributed by atoms with Gasteiger partial charge in [-0.15, -0.1) is 11.6 Å². The summed E-state index contributed by atoms with van der Waals surface area (Å²) in [5.74, 6) is 0. The fourth-order valence-electron chi connectivity index (χ4n) is 1.47. The van der Waals surface area contributed by atoms with Crippen LogP contribution in [0.5, 0.6) is 0 Å². The molecule has 0 aromatic rings. The number of amides is 1. The van der Waals surface area contributed by atoms with Gasteiger partial charge in [0.05, 0.1) is 5.38 Å². The monoisotopic (exact) mass is 233 g/mol. The molecule has 5 heteroatoms. The number of hydrogen-bond acceptors (Lipinski definition) is 3. The van der Waals surface area contributed by atoms with Crippen LogP contribution in [0, 0.1) is 0 Å². The molecule has 1 heterocycles. The Kier molecular flexibility index (Phi) is 3.60. The highest BCUT2D eigenvalue weighted by atomic mass is 35.5.